The number of aromatic hydroxyl groups is 1. The van der Waals surface area contributed by atoms with Crippen molar-refractivity contribution in [3.8, 4) is 5.75 Å². The van der Waals surface area contributed by atoms with Gasteiger partial charge in [-0.05, 0) is 37.1 Å². The molecule has 20 heavy (non-hydrogen) atoms. The highest BCUT2D eigenvalue weighted by Gasteiger charge is 2.52. The van der Waals surface area contributed by atoms with Crippen LogP contribution >= 0.6 is 0 Å². The third-order valence-corrected chi connectivity index (χ3v) is 3.98. The van der Waals surface area contributed by atoms with Gasteiger partial charge in [0.15, 0.2) is 0 Å². The van der Waals surface area contributed by atoms with E-state index in [9.17, 15) is 19.8 Å². The lowest BCUT2D eigenvalue weighted by Crippen LogP contribution is -2.46. The van der Waals surface area contributed by atoms with Gasteiger partial charge in [0.1, 0.15) is 5.75 Å². The molecule has 4 atom stereocenters. The Morgan fingerprint density at radius 3 is 2.35 bits per heavy atom. The molecular weight excluding hydrogens is 262 g/mol. The molecule has 1 amide bonds. The van der Waals surface area contributed by atoms with Gasteiger partial charge >= 0.3 is 0 Å². The van der Waals surface area contributed by atoms with Crippen molar-refractivity contribution in [3.05, 3.63) is 24.3 Å². The summed E-state index contributed by atoms with van der Waals surface area (Å²) in [7, 11) is 0. The Balaban J connectivity index is 1.76. The Hall–Kier alpha value is -2.08. The topological polar surface area (TPSA) is 98.7 Å². The van der Waals surface area contributed by atoms with Crippen molar-refractivity contribution in [1.82, 2.24) is 0 Å². The number of carboxylic acids is 1. The van der Waals surface area contributed by atoms with Crippen molar-refractivity contribution in [2.45, 2.75) is 25.0 Å². The number of phenolic OH excluding ortho intramolecular Hbond substituents is 1. The van der Waals surface area contributed by atoms with Gasteiger partial charge in [0, 0.05) is 17.6 Å². The van der Waals surface area contributed by atoms with E-state index in [1.165, 1.54) is 12.1 Å². The number of anilines is 1. The van der Waals surface area contributed by atoms with Crippen LogP contribution in [-0.4, -0.2) is 29.2 Å². The number of carboxylic acid groups (broad SMARTS) is 1. The van der Waals surface area contributed by atoms with Gasteiger partial charge in [-0.2, -0.15) is 0 Å². The molecule has 6 heteroatoms. The summed E-state index contributed by atoms with van der Waals surface area (Å²) in [5.74, 6) is -3.11. The maximum absolute atomic E-state index is 12.3. The van der Waals surface area contributed by atoms with E-state index in [1.807, 2.05) is 0 Å². The highest BCUT2D eigenvalue weighted by molar-refractivity contribution is 5.96. The fraction of sp³-hybridized carbons (Fsp3) is 0.429. The van der Waals surface area contributed by atoms with Gasteiger partial charge in [0.05, 0.1) is 18.1 Å². The minimum absolute atomic E-state index is 0.0962. The van der Waals surface area contributed by atoms with Gasteiger partial charge < -0.3 is 25.1 Å². The summed E-state index contributed by atoms with van der Waals surface area (Å²) in [6.07, 6.45) is 0.592. The second kappa shape index (κ2) is 4.79. The van der Waals surface area contributed by atoms with Crippen LogP contribution < -0.4 is 10.4 Å². The van der Waals surface area contributed by atoms with Crippen molar-refractivity contribution in [2.24, 2.45) is 11.8 Å². The zero-order chi connectivity index (χ0) is 14.3. The quantitative estimate of drug-likeness (QED) is 0.750. The van der Waals surface area contributed by atoms with E-state index in [0.717, 1.165) is 0 Å². The van der Waals surface area contributed by atoms with E-state index in [2.05, 4.69) is 5.32 Å². The molecule has 0 spiro atoms. The number of ether oxygens (including phenoxy) is 1. The number of aliphatic carboxylic acids is 1. The van der Waals surface area contributed by atoms with Crippen LogP contribution in [-0.2, 0) is 14.3 Å². The molecule has 0 radical (unpaired) electrons. The van der Waals surface area contributed by atoms with Crippen LogP contribution in [0.15, 0.2) is 24.3 Å². The Morgan fingerprint density at radius 1 is 1.15 bits per heavy atom. The van der Waals surface area contributed by atoms with Crippen molar-refractivity contribution < 1.29 is 24.5 Å². The van der Waals surface area contributed by atoms with E-state index in [-0.39, 0.29) is 17.8 Å². The number of benzene rings is 1. The fourth-order valence-corrected chi connectivity index (χ4v) is 3.08. The monoisotopic (exact) mass is 276 g/mol. The van der Waals surface area contributed by atoms with Gasteiger partial charge in [0.25, 0.3) is 0 Å². The molecule has 1 aromatic carbocycles. The van der Waals surface area contributed by atoms with E-state index >= 15 is 0 Å². The molecule has 0 saturated carbocycles. The third-order valence-electron chi connectivity index (χ3n) is 3.98. The van der Waals surface area contributed by atoms with Crippen molar-refractivity contribution in [2.75, 3.05) is 5.32 Å². The van der Waals surface area contributed by atoms with Gasteiger partial charge in [-0.25, -0.2) is 0 Å². The van der Waals surface area contributed by atoms with Gasteiger partial charge in [-0.1, -0.05) is 0 Å². The molecule has 0 aromatic heterocycles. The molecule has 2 aliphatic rings. The molecule has 6 nitrogen and oxygen atoms in total. The van der Waals surface area contributed by atoms with Gasteiger partial charge in [-0.3, -0.25) is 4.79 Å². The lowest BCUT2D eigenvalue weighted by molar-refractivity contribution is -0.313. The molecule has 106 valence electrons. The number of carbonyl (C=O) groups excluding carboxylic acids is 2. The zero-order valence-electron chi connectivity index (χ0n) is 10.6. The Bertz CT molecular complexity index is 541. The average Bonchev–Trinajstić information content (AvgIpc) is 3.01. The molecule has 0 aliphatic carbocycles. The van der Waals surface area contributed by atoms with Crippen LogP contribution in [0.2, 0.25) is 0 Å². The number of rotatable bonds is 3. The minimum atomic E-state index is -1.23. The van der Waals surface area contributed by atoms with Crippen molar-refractivity contribution >= 4 is 17.6 Å². The minimum Gasteiger partial charge on any atom is -0.550 e. The van der Waals surface area contributed by atoms with Crippen LogP contribution in [0.4, 0.5) is 5.69 Å². The number of fused-ring (bicyclic) bond motifs is 2. The van der Waals surface area contributed by atoms with Crippen molar-refractivity contribution in [1.29, 1.82) is 0 Å². The summed E-state index contributed by atoms with van der Waals surface area (Å²) in [6.45, 7) is 0. The SMILES string of the molecule is O=C([O-])[C@@H]1[C@@H](C(=O)Nc2ccc(O)cc2)[C@H]2CC[C@@H]1O2. The maximum Gasteiger partial charge on any atom is 0.230 e. The first-order valence-electron chi connectivity index (χ1n) is 6.52. The van der Waals surface area contributed by atoms with Crippen LogP contribution in [0.25, 0.3) is 0 Å². The highest BCUT2D eigenvalue weighted by atomic mass is 16.5. The number of carbonyl (C=O) groups is 2. The third kappa shape index (κ3) is 2.12. The smallest absolute Gasteiger partial charge is 0.230 e. The Morgan fingerprint density at radius 2 is 1.75 bits per heavy atom. The molecule has 2 N–H and O–H groups in total. The molecule has 2 heterocycles. The van der Waals surface area contributed by atoms with Crippen molar-refractivity contribution in [3.63, 3.8) is 0 Å². The van der Waals surface area contributed by atoms with E-state index in [1.54, 1.807) is 12.1 Å². The number of hydrogen-bond donors (Lipinski definition) is 2. The number of nitrogens with one attached hydrogen (secondary N) is 1. The average molecular weight is 276 g/mol. The predicted octanol–water partition coefficient (Wildman–Crippen LogP) is -0.126. The Labute approximate surface area is 115 Å². The Kier molecular flexibility index (Phi) is 3.10. The van der Waals surface area contributed by atoms with Crippen LogP contribution in [0.3, 0.4) is 0 Å². The lowest BCUT2D eigenvalue weighted by atomic mass is 9.78. The summed E-state index contributed by atoms with van der Waals surface area (Å²) in [5.41, 5.74) is 0.507. The lowest BCUT2D eigenvalue weighted by Gasteiger charge is -2.27. The molecule has 1 aromatic rings. The maximum atomic E-state index is 12.3. The van der Waals surface area contributed by atoms with Crippen LogP contribution in [0, 0.1) is 11.8 Å². The molecule has 2 saturated heterocycles. The standard InChI is InChI=1S/C14H15NO5/c16-8-3-1-7(2-4-8)15-13(17)11-9-5-6-10(20-9)12(11)14(18)19/h1-4,9-12,16H,5-6H2,(H,15,17)(H,18,19)/p-1/t9-,10+,11+,12+/m1/s1. The van der Waals surface area contributed by atoms with E-state index in [0.29, 0.717) is 18.5 Å². The largest absolute Gasteiger partial charge is 0.550 e. The molecule has 2 aliphatic heterocycles. The molecular formula is C14H14NO5-. The first kappa shape index (κ1) is 12.9. The summed E-state index contributed by atoms with van der Waals surface area (Å²) < 4.78 is 5.52. The normalized spacial score (nSPS) is 31.2. The summed E-state index contributed by atoms with van der Waals surface area (Å²) in [6, 6.07) is 6.00. The van der Waals surface area contributed by atoms with Crippen LogP contribution in [0.1, 0.15) is 12.8 Å². The first-order valence-corrected chi connectivity index (χ1v) is 6.52. The van der Waals surface area contributed by atoms with Crippen LogP contribution in [0.5, 0.6) is 5.75 Å². The number of amides is 1. The molecule has 0 unspecified atom stereocenters. The number of hydrogen-bond acceptors (Lipinski definition) is 5. The highest BCUT2D eigenvalue weighted by Crippen LogP contribution is 2.43. The van der Waals surface area contributed by atoms with E-state index in [4.69, 9.17) is 4.74 Å². The zero-order valence-corrected chi connectivity index (χ0v) is 10.6. The summed E-state index contributed by atoms with van der Waals surface area (Å²) in [4.78, 5) is 23.5. The van der Waals surface area contributed by atoms with Gasteiger partial charge in [0.2, 0.25) is 5.91 Å². The first-order chi connectivity index (χ1) is 9.56. The molecule has 3 rings (SSSR count). The molecule has 2 bridgehead atoms. The number of phenols is 1. The second-order valence-corrected chi connectivity index (χ2v) is 5.20. The summed E-state index contributed by atoms with van der Waals surface area (Å²) in [5, 5.41) is 23.0. The summed E-state index contributed by atoms with van der Waals surface area (Å²) >= 11 is 0. The second-order valence-electron chi connectivity index (χ2n) is 5.20. The molecule has 2 fully saturated rings. The van der Waals surface area contributed by atoms with E-state index < -0.39 is 23.9 Å². The van der Waals surface area contributed by atoms with Gasteiger partial charge in [-0.15, -0.1) is 0 Å². The fourth-order valence-electron chi connectivity index (χ4n) is 3.08. The predicted molar refractivity (Wildman–Crippen MR) is 66.6 cm³/mol.